The van der Waals surface area contributed by atoms with Crippen LogP contribution in [0.2, 0.25) is 0 Å². The highest BCUT2D eigenvalue weighted by Gasteiger charge is 2.20. The molecule has 1 aliphatic rings. The van der Waals surface area contributed by atoms with Crippen molar-refractivity contribution in [2.24, 2.45) is 5.92 Å². The minimum absolute atomic E-state index is 0.0493. The van der Waals surface area contributed by atoms with Crippen molar-refractivity contribution in [2.45, 2.75) is 19.4 Å². The Morgan fingerprint density at radius 1 is 1.36 bits per heavy atom. The minimum Gasteiger partial charge on any atom is -0.497 e. The Morgan fingerprint density at radius 3 is 2.84 bits per heavy atom. The van der Waals surface area contributed by atoms with Gasteiger partial charge in [-0.15, -0.1) is 11.3 Å². The van der Waals surface area contributed by atoms with Crippen molar-refractivity contribution < 1.29 is 9.53 Å². The van der Waals surface area contributed by atoms with Gasteiger partial charge in [-0.3, -0.25) is 9.69 Å². The van der Waals surface area contributed by atoms with Crippen LogP contribution in [-0.2, 0) is 6.54 Å². The van der Waals surface area contributed by atoms with Crippen LogP contribution in [0.3, 0.4) is 0 Å². The van der Waals surface area contributed by atoms with Crippen molar-refractivity contribution in [1.82, 2.24) is 10.2 Å². The number of hydrogen-bond acceptors (Lipinski definition) is 4. The number of benzene rings is 1. The lowest BCUT2D eigenvalue weighted by Crippen LogP contribution is -2.38. The summed E-state index contributed by atoms with van der Waals surface area (Å²) >= 11 is 5.26. The van der Waals surface area contributed by atoms with Crippen LogP contribution >= 0.6 is 27.3 Å². The molecule has 1 fully saturated rings. The van der Waals surface area contributed by atoms with Crippen LogP contribution in [0.5, 0.6) is 5.75 Å². The molecule has 0 aliphatic carbocycles. The summed E-state index contributed by atoms with van der Waals surface area (Å²) in [6.07, 6.45) is 2.26. The number of hydrogen-bond donors (Lipinski definition) is 1. The molecule has 134 valence electrons. The van der Waals surface area contributed by atoms with E-state index in [-0.39, 0.29) is 5.91 Å². The molecule has 1 aromatic heterocycles. The summed E-state index contributed by atoms with van der Waals surface area (Å²) in [5.41, 5.74) is 0.620. The maximum Gasteiger partial charge on any atom is 0.252 e. The second-order valence-electron chi connectivity index (χ2n) is 6.35. The third-order valence-electron chi connectivity index (χ3n) is 4.64. The molecule has 1 N–H and O–H groups in total. The number of likely N-dealkylation sites (tertiary alicyclic amines) is 1. The van der Waals surface area contributed by atoms with Crippen molar-refractivity contribution in [2.75, 3.05) is 26.7 Å². The molecule has 3 rings (SSSR count). The largest absolute Gasteiger partial charge is 0.497 e. The Balaban J connectivity index is 1.46. The van der Waals surface area contributed by atoms with Gasteiger partial charge >= 0.3 is 0 Å². The summed E-state index contributed by atoms with van der Waals surface area (Å²) in [4.78, 5) is 16.4. The number of methoxy groups -OCH3 is 1. The summed E-state index contributed by atoms with van der Waals surface area (Å²) in [5.74, 6) is 1.19. The fourth-order valence-corrected chi connectivity index (χ4v) is 4.28. The summed E-state index contributed by atoms with van der Waals surface area (Å²) in [7, 11) is 1.61. The monoisotopic (exact) mass is 422 g/mol. The molecule has 1 amide bonds. The summed E-state index contributed by atoms with van der Waals surface area (Å²) in [6, 6.07) is 9.76. The molecule has 0 radical (unpaired) electrons. The molecule has 1 aliphatic heterocycles. The zero-order valence-corrected chi connectivity index (χ0v) is 16.7. The number of carbonyl (C=O) groups excluding carboxylic acids is 1. The summed E-state index contributed by atoms with van der Waals surface area (Å²) in [5, 5.41) is 5.21. The Morgan fingerprint density at radius 2 is 2.16 bits per heavy atom. The zero-order valence-electron chi connectivity index (χ0n) is 14.3. The van der Waals surface area contributed by atoms with Crippen molar-refractivity contribution in [1.29, 1.82) is 0 Å². The van der Waals surface area contributed by atoms with Crippen LogP contribution in [0.1, 0.15) is 28.1 Å². The molecule has 0 saturated carbocycles. The first-order chi connectivity index (χ1) is 12.2. The molecule has 6 heteroatoms. The molecular weight excluding hydrogens is 400 g/mol. The Kier molecular flexibility index (Phi) is 6.51. The van der Waals surface area contributed by atoms with E-state index in [1.165, 1.54) is 4.88 Å². The van der Waals surface area contributed by atoms with Crippen molar-refractivity contribution in [3.8, 4) is 5.75 Å². The predicted octanol–water partition coefficient (Wildman–Crippen LogP) is 4.16. The van der Waals surface area contributed by atoms with Crippen molar-refractivity contribution in [3.63, 3.8) is 0 Å². The molecule has 0 unspecified atom stereocenters. The number of amides is 1. The Bertz CT molecular complexity index is 697. The number of ether oxygens (including phenoxy) is 1. The molecule has 1 aromatic carbocycles. The SMILES string of the molecule is COc1ccc(Br)c(C(=O)NCC2CCN(Cc3cccs3)CC2)c1. The van der Waals surface area contributed by atoms with E-state index in [0.29, 0.717) is 17.2 Å². The number of nitrogens with one attached hydrogen (secondary N) is 1. The van der Waals surface area contributed by atoms with E-state index in [1.54, 1.807) is 13.2 Å². The van der Waals surface area contributed by atoms with Gasteiger partial charge in [0.1, 0.15) is 5.75 Å². The first kappa shape index (κ1) is 18.4. The quantitative estimate of drug-likeness (QED) is 0.759. The smallest absolute Gasteiger partial charge is 0.252 e. The standard InChI is InChI=1S/C19H23BrN2O2S/c1-24-15-4-5-18(20)17(11-15)19(23)21-12-14-6-8-22(9-7-14)13-16-3-2-10-25-16/h2-5,10-11,14H,6-9,12-13H2,1H3,(H,21,23). The first-order valence-electron chi connectivity index (χ1n) is 8.52. The normalized spacial score (nSPS) is 15.9. The van der Waals surface area contributed by atoms with Crippen LogP contribution < -0.4 is 10.1 Å². The van der Waals surface area contributed by atoms with Gasteiger partial charge in [-0.1, -0.05) is 6.07 Å². The first-order valence-corrected chi connectivity index (χ1v) is 10.2. The van der Waals surface area contributed by atoms with Crippen LogP contribution in [0.4, 0.5) is 0 Å². The lowest BCUT2D eigenvalue weighted by molar-refractivity contribution is 0.0934. The molecular formula is C19H23BrN2O2S. The number of nitrogens with zero attached hydrogens (tertiary/aromatic N) is 1. The number of thiophene rings is 1. The van der Waals surface area contributed by atoms with Crippen LogP contribution in [0, 0.1) is 5.92 Å². The average molecular weight is 423 g/mol. The van der Waals surface area contributed by atoms with Gasteiger partial charge in [0.25, 0.3) is 5.91 Å². The fourth-order valence-electron chi connectivity index (χ4n) is 3.11. The predicted molar refractivity (Wildman–Crippen MR) is 105 cm³/mol. The van der Waals surface area contributed by atoms with Crippen molar-refractivity contribution in [3.05, 3.63) is 50.6 Å². The van der Waals surface area contributed by atoms with E-state index in [4.69, 9.17) is 4.74 Å². The van der Waals surface area contributed by atoms with E-state index in [0.717, 1.165) is 43.5 Å². The van der Waals surface area contributed by atoms with Crippen LogP contribution in [-0.4, -0.2) is 37.6 Å². The van der Waals surface area contributed by atoms with Gasteiger partial charge in [-0.2, -0.15) is 0 Å². The lowest BCUT2D eigenvalue weighted by atomic mass is 9.96. The second-order valence-corrected chi connectivity index (χ2v) is 8.24. The Hall–Kier alpha value is -1.37. The minimum atomic E-state index is -0.0493. The number of halogens is 1. The van der Waals surface area contributed by atoms with Crippen LogP contribution in [0.15, 0.2) is 40.2 Å². The maximum absolute atomic E-state index is 12.4. The lowest BCUT2D eigenvalue weighted by Gasteiger charge is -2.31. The van der Waals surface area contributed by atoms with Gasteiger partial charge in [0.15, 0.2) is 0 Å². The third-order valence-corrected chi connectivity index (χ3v) is 6.19. The average Bonchev–Trinajstić information content (AvgIpc) is 3.14. The van der Waals surface area contributed by atoms with E-state index in [2.05, 4.69) is 43.7 Å². The maximum atomic E-state index is 12.4. The summed E-state index contributed by atoms with van der Waals surface area (Å²) in [6.45, 7) is 3.98. The molecule has 0 spiro atoms. The molecule has 0 bridgehead atoms. The van der Waals surface area contributed by atoms with Gasteiger partial charge in [0.05, 0.1) is 12.7 Å². The van der Waals surface area contributed by atoms with Gasteiger partial charge in [0, 0.05) is 22.4 Å². The van der Waals surface area contributed by atoms with Crippen LogP contribution in [0.25, 0.3) is 0 Å². The van der Waals surface area contributed by atoms with Gasteiger partial charge in [0.2, 0.25) is 0 Å². The number of carbonyl (C=O) groups is 1. The highest BCUT2D eigenvalue weighted by atomic mass is 79.9. The van der Waals surface area contributed by atoms with E-state index >= 15 is 0 Å². The number of piperidine rings is 1. The second kappa shape index (κ2) is 8.83. The van der Waals surface area contributed by atoms with Crippen molar-refractivity contribution >= 4 is 33.2 Å². The molecule has 2 aromatic rings. The number of rotatable bonds is 6. The van der Waals surface area contributed by atoms with Gasteiger partial charge in [-0.25, -0.2) is 0 Å². The topological polar surface area (TPSA) is 41.6 Å². The third kappa shape index (κ3) is 5.06. The molecule has 25 heavy (non-hydrogen) atoms. The molecule has 4 nitrogen and oxygen atoms in total. The van der Waals surface area contributed by atoms with E-state index in [9.17, 15) is 4.79 Å². The van der Waals surface area contributed by atoms with Gasteiger partial charge < -0.3 is 10.1 Å². The highest BCUT2D eigenvalue weighted by Crippen LogP contribution is 2.23. The zero-order chi connectivity index (χ0) is 17.6. The van der Waals surface area contributed by atoms with Gasteiger partial charge in [-0.05, 0) is 77.4 Å². The van der Waals surface area contributed by atoms with E-state index in [1.807, 2.05) is 23.5 Å². The van der Waals surface area contributed by atoms with E-state index < -0.39 is 0 Å². The molecule has 2 heterocycles. The molecule has 1 saturated heterocycles. The highest BCUT2D eigenvalue weighted by molar-refractivity contribution is 9.10. The summed E-state index contributed by atoms with van der Waals surface area (Å²) < 4.78 is 5.99. The Labute approximate surface area is 161 Å². The fraction of sp³-hybridized carbons (Fsp3) is 0.421. The molecule has 0 atom stereocenters.